The number of hydrogen-bond acceptors (Lipinski definition) is 3. The zero-order valence-electron chi connectivity index (χ0n) is 8.77. The summed E-state index contributed by atoms with van der Waals surface area (Å²) in [6, 6.07) is 6.08. The second-order valence-electron chi connectivity index (χ2n) is 3.27. The van der Waals surface area contributed by atoms with Crippen LogP contribution in [-0.2, 0) is 0 Å². The highest BCUT2D eigenvalue weighted by molar-refractivity contribution is 5.97. The molecule has 4 N–H and O–H groups in total. The molecule has 1 aromatic carbocycles. The Morgan fingerprint density at radius 1 is 1.19 bits per heavy atom. The highest BCUT2D eigenvalue weighted by atomic mass is 16.3. The first kappa shape index (κ1) is 12.2. The Morgan fingerprint density at radius 3 is 2.25 bits per heavy atom. The second kappa shape index (κ2) is 5.87. The number of aliphatic hydroxyl groups is 1. The molecule has 0 heterocycles. The summed E-state index contributed by atoms with van der Waals surface area (Å²) >= 11 is 0. The number of nitrogens with two attached hydrogens (primary N) is 1. The van der Waals surface area contributed by atoms with Crippen molar-refractivity contribution in [1.29, 1.82) is 0 Å². The number of aliphatic hydroxyl groups excluding tert-OH is 1. The highest BCUT2D eigenvalue weighted by Gasteiger charge is 2.05. The molecule has 1 aromatic rings. The molecule has 86 valence electrons. The maximum atomic E-state index is 11.5. The van der Waals surface area contributed by atoms with Gasteiger partial charge in [-0.05, 0) is 30.7 Å². The van der Waals surface area contributed by atoms with E-state index in [1.807, 2.05) is 0 Å². The molecule has 0 atom stereocenters. The first-order chi connectivity index (χ1) is 7.65. The van der Waals surface area contributed by atoms with Gasteiger partial charge in [0.25, 0.3) is 5.91 Å². The molecule has 0 aromatic heterocycles. The minimum absolute atomic E-state index is 0.0426. The Bertz CT molecular complexity index is 373. The largest absolute Gasteiger partial charge is 0.396 e. The summed E-state index contributed by atoms with van der Waals surface area (Å²) < 4.78 is 0. The molecular formula is C11H14N2O3. The van der Waals surface area contributed by atoms with Crippen LogP contribution in [-0.4, -0.2) is 30.1 Å². The van der Waals surface area contributed by atoms with E-state index in [0.717, 1.165) is 0 Å². The van der Waals surface area contributed by atoms with Crippen molar-refractivity contribution in [1.82, 2.24) is 5.32 Å². The predicted molar refractivity (Wildman–Crippen MR) is 59.0 cm³/mol. The Labute approximate surface area is 93.3 Å². The minimum atomic E-state index is -0.521. The predicted octanol–water partition coefficient (Wildman–Crippen LogP) is -0.102. The lowest BCUT2D eigenvalue weighted by Crippen LogP contribution is -2.25. The maximum Gasteiger partial charge on any atom is 0.251 e. The first-order valence-electron chi connectivity index (χ1n) is 4.94. The standard InChI is InChI=1S/C11H14N2O3/c12-10(15)8-2-4-9(5-3-8)11(16)13-6-1-7-14/h2-5,14H,1,6-7H2,(H2,12,15)(H,13,16). The average Bonchev–Trinajstić information content (AvgIpc) is 2.29. The van der Waals surface area contributed by atoms with Crippen molar-refractivity contribution >= 4 is 11.8 Å². The lowest BCUT2D eigenvalue weighted by molar-refractivity contribution is 0.0948. The van der Waals surface area contributed by atoms with Gasteiger partial charge in [0.1, 0.15) is 0 Å². The van der Waals surface area contributed by atoms with Gasteiger partial charge in [-0.1, -0.05) is 0 Å². The van der Waals surface area contributed by atoms with E-state index in [2.05, 4.69) is 5.32 Å². The number of amides is 2. The van der Waals surface area contributed by atoms with Crippen LogP contribution in [0.25, 0.3) is 0 Å². The zero-order valence-corrected chi connectivity index (χ0v) is 8.77. The van der Waals surface area contributed by atoms with Gasteiger partial charge in [0, 0.05) is 24.3 Å². The van der Waals surface area contributed by atoms with E-state index in [1.165, 1.54) is 24.3 Å². The van der Waals surface area contributed by atoms with Gasteiger partial charge in [0.05, 0.1) is 0 Å². The summed E-state index contributed by atoms with van der Waals surface area (Å²) in [4.78, 5) is 22.3. The van der Waals surface area contributed by atoms with E-state index in [-0.39, 0.29) is 12.5 Å². The maximum absolute atomic E-state index is 11.5. The van der Waals surface area contributed by atoms with E-state index in [9.17, 15) is 9.59 Å². The molecule has 0 spiro atoms. The van der Waals surface area contributed by atoms with E-state index in [1.54, 1.807) is 0 Å². The van der Waals surface area contributed by atoms with Gasteiger partial charge in [-0.15, -0.1) is 0 Å². The number of carbonyl (C=O) groups excluding carboxylic acids is 2. The third-order valence-corrected chi connectivity index (χ3v) is 2.05. The molecule has 0 saturated heterocycles. The fourth-order valence-electron chi connectivity index (χ4n) is 1.17. The monoisotopic (exact) mass is 222 g/mol. The lowest BCUT2D eigenvalue weighted by Gasteiger charge is -2.04. The first-order valence-corrected chi connectivity index (χ1v) is 4.94. The van der Waals surface area contributed by atoms with Gasteiger partial charge in [-0.2, -0.15) is 0 Å². The summed E-state index contributed by atoms with van der Waals surface area (Å²) in [5.41, 5.74) is 5.90. The van der Waals surface area contributed by atoms with E-state index in [4.69, 9.17) is 10.8 Å². The molecule has 0 radical (unpaired) electrons. The summed E-state index contributed by atoms with van der Waals surface area (Å²) in [7, 11) is 0. The molecule has 0 fully saturated rings. The Kier molecular flexibility index (Phi) is 4.47. The van der Waals surface area contributed by atoms with Gasteiger partial charge < -0.3 is 16.2 Å². The molecule has 0 aliphatic heterocycles. The van der Waals surface area contributed by atoms with E-state index in [0.29, 0.717) is 24.1 Å². The van der Waals surface area contributed by atoms with Crippen LogP contribution in [0.3, 0.4) is 0 Å². The number of carbonyl (C=O) groups is 2. The molecule has 0 saturated carbocycles. The van der Waals surface area contributed by atoms with E-state index < -0.39 is 5.91 Å². The van der Waals surface area contributed by atoms with Gasteiger partial charge in [-0.25, -0.2) is 0 Å². The molecule has 0 bridgehead atoms. The van der Waals surface area contributed by atoms with Gasteiger partial charge in [0.15, 0.2) is 0 Å². The number of primary amides is 1. The molecule has 5 heteroatoms. The van der Waals surface area contributed by atoms with Crippen LogP contribution < -0.4 is 11.1 Å². The number of benzene rings is 1. The van der Waals surface area contributed by atoms with Crippen molar-refractivity contribution in [2.75, 3.05) is 13.2 Å². The fourth-order valence-corrected chi connectivity index (χ4v) is 1.17. The van der Waals surface area contributed by atoms with Crippen LogP contribution in [0.2, 0.25) is 0 Å². The number of hydrogen-bond donors (Lipinski definition) is 3. The summed E-state index contributed by atoms with van der Waals surface area (Å²) in [6.07, 6.45) is 0.519. The molecule has 0 aliphatic carbocycles. The van der Waals surface area contributed by atoms with Crippen molar-refractivity contribution < 1.29 is 14.7 Å². The third-order valence-electron chi connectivity index (χ3n) is 2.05. The van der Waals surface area contributed by atoms with Gasteiger partial charge in [-0.3, -0.25) is 9.59 Å². The SMILES string of the molecule is NC(=O)c1ccc(C(=O)NCCCO)cc1. The smallest absolute Gasteiger partial charge is 0.251 e. The van der Waals surface area contributed by atoms with E-state index >= 15 is 0 Å². The van der Waals surface area contributed by atoms with Crippen LogP contribution in [0.4, 0.5) is 0 Å². The molecular weight excluding hydrogens is 208 g/mol. The van der Waals surface area contributed by atoms with Crippen molar-refractivity contribution in [2.24, 2.45) is 5.73 Å². The Balaban J connectivity index is 2.59. The Hall–Kier alpha value is -1.88. The van der Waals surface area contributed by atoms with Gasteiger partial charge >= 0.3 is 0 Å². The quantitative estimate of drug-likeness (QED) is 0.607. The molecule has 1 rings (SSSR count). The molecule has 16 heavy (non-hydrogen) atoms. The topological polar surface area (TPSA) is 92.4 Å². The van der Waals surface area contributed by atoms with Crippen molar-refractivity contribution in [3.8, 4) is 0 Å². The van der Waals surface area contributed by atoms with Crippen LogP contribution in [0.5, 0.6) is 0 Å². The summed E-state index contributed by atoms with van der Waals surface area (Å²) in [5, 5.41) is 11.2. The van der Waals surface area contributed by atoms with Crippen LogP contribution in [0, 0.1) is 0 Å². The van der Waals surface area contributed by atoms with Crippen molar-refractivity contribution in [3.63, 3.8) is 0 Å². The fraction of sp³-hybridized carbons (Fsp3) is 0.273. The number of nitrogens with one attached hydrogen (secondary N) is 1. The molecule has 5 nitrogen and oxygen atoms in total. The zero-order chi connectivity index (χ0) is 12.0. The normalized spacial score (nSPS) is 9.81. The van der Waals surface area contributed by atoms with Crippen LogP contribution in [0.1, 0.15) is 27.1 Å². The second-order valence-corrected chi connectivity index (χ2v) is 3.27. The van der Waals surface area contributed by atoms with Crippen molar-refractivity contribution in [2.45, 2.75) is 6.42 Å². The molecule has 0 aliphatic rings. The van der Waals surface area contributed by atoms with Gasteiger partial charge in [0.2, 0.25) is 5.91 Å². The summed E-state index contributed by atoms with van der Waals surface area (Å²) in [6.45, 7) is 0.466. The highest BCUT2D eigenvalue weighted by Crippen LogP contribution is 2.03. The molecule has 2 amide bonds. The number of rotatable bonds is 5. The average molecular weight is 222 g/mol. The Morgan fingerprint density at radius 2 is 1.75 bits per heavy atom. The van der Waals surface area contributed by atoms with Crippen LogP contribution in [0.15, 0.2) is 24.3 Å². The lowest BCUT2D eigenvalue weighted by atomic mass is 10.1. The molecule has 0 unspecified atom stereocenters. The minimum Gasteiger partial charge on any atom is -0.396 e. The van der Waals surface area contributed by atoms with Crippen LogP contribution >= 0.6 is 0 Å². The summed E-state index contributed by atoms with van der Waals surface area (Å²) in [5.74, 6) is -0.753. The van der Waals surface area contributed by atoms with Crippen molar-refractivity contribution in [3.05, 3.63) is 35.4 Å². The third kappa shape index (κ3) is 3.36.